The molecule has 1 aliphatic heterocycles. The van der Waals surface area contributed by atoms with Gasteiger partial charge in [0.05, 0.1) is 16.6 Å². The maximum absolute atomic E-state index is 13.4. The van der Waals surface area contributed by atoms with Crippen molar-refractivity contribution in [2.75, 3.05) is 18.8 Å². The van der Waals surface area contributed by atoms with Crippen molar-refractivity contribution in [1.29, 1.82) is 0 Å². The van der Waals surface area contributed by atoms with Crippen LogP contribution < -0.4 is 16.4 Å². The monoisotopic (exact) mass is 318 g/mol. The van der Waals surface area contributed by atoms with E-state index in [2.05, 4.69) is 10.6 Å². The molecule has 21 heavy (non-hydrogen) atoms. The molecule has 7 nitrogen and oxygen atoms in total. The van der Waals surface area contributed by atoms with Crippen molar-refractivity contribution in [3.63, 3.8) is 0 Å². The number of amides is 1. The number of nitrogens with two attached hydrogens (primary N) is 1. The van der Waals surface area contributed by atoms with Gasteiger partial charge < -0.3 is 16.4 Å². The Bertz CT molecular complexity index is 550. The number of piperidine rings is 1. The van der Waals surface area contributed by atoms with Crippen LogP contribution in [0.4, 0.5) is 15.8 Å². The molecule has 0 unspecified atom stereocenters. The molecule has 1 saturated heterocycles. The molecule has 1 amide bonds. The highest BCUT2D eigenvalue weighted by Gasteiger charge is 2.23. The van der Waals surface area contributed by atoms with Crippen LogP contribution in [-0.2, 0) is 0 Å². The molecule has 0 radical (unpaired) electrons. The lowest BCUT2D eigenvalue weighted by Gasteiger charge is -2.24. The quantitative estimate of drug-likeness (QED) is 0.441. The second-order valence-electron chi connectivity index (χ2n) is 4.66. The van der Waals surface area contributed by atoms with E-state index in [4.69, 9.17) is 5.73 Å². The Labute approximate surface area is 126 Å². The van der Waals surface area contributed by atoms with Gasteiger partial charge in [0.25, 0.3) is 11.6 Å². The molecular weight excluding hydrogens is 303 g/mol. The summed E-state index contributed by atoms with van der Waals surface area (Å²) < 4.78 is 13.4. The third-order valence-corrected chi connectivity index (χ3v) is 3.20. The lowest BCUT2D eigenvalue weighted by Crippen LogP contribution is -2.45. The van der Waals surface area contributed by atoms with E-state index in [9.17, 15) is 19.3 Å². The van der Waals surface area contributed by atoms with E-state index >= 15 is 0 Å². The summed E-state index contributed by atoms with van der Waals surface area (Å²) in [6.07, 6.45) is 1.72. The van der Waals surface area contributed by atoms with Crippen LogP contribution in [0.25, 0.3) is 0 Å². The summed E-state index contributed by atoms with van der Waals surface area (Å²) >= 11 is 0. The van der Waals surface area contributed by atoms with Gasteiger partial charge >= 0.3 is 0 Å². The lowest BCUT2D eigenvalue weighted by molar-refractivity contribution is -0.384. The smallest absolute Gasteiger partial charge is 0.295 e. The summed E-state index contributed by atoms with van der Waals surface area (Å²) in [5.74, 6) is -1.46. The van der Waals surface area contributed by atoms with E-state index in [0.29, 0.717) is 12.6 Å². The molecule has 2 rings (SSSR count). The number of nitro benzene ring substituents is 1. The topological polar surface area (TPSA) is 110 Å². The highest BCUT2D eigenvalue weighted by atomic mass is 35.5. The van der Waals surface area contributed by atoms with Crippen molar-refractivity contribution >= 4 is 29.7 Å². The van der Waals surface area contributed by atoms with Crippen LogP contribution in [0.2, 0.25) is 0 Å². The number of nitrogens with zero attached hydrogens (tertiary/aromatic N) is 1. The largest absolute Gasteiger partial charge is 0.393 e. The lowest BCUT2D eigenvalue weighted by atomic mass is 10.1. The fourth-order valence-corrected chi connectivity index (χ4v) is 2.18. The van der Waals surface area contributed by atoms with E-state index in [1.54, 1.807) is 0 Å². The second-order valence-corrected chi connectivity index (χ2v) is 4.66. The summed E-state index contributed by atoms with van der Waals surface area (Å²) in [5, 5.41) is 16.6. The van der Waals surface area contributed by atoms with Crippen LogP contribution in [0.5, 0.6) is 0 Å². The Balaban J connectivity index is 0.00000220. The van der Waals surface area contributed by atoms with Gasteiger partial charge in [-0.1, -0.05) is 0 Å². The highest BCUT2D eigenvalue weighted by Crippen LogP contribution is 2.26. The van der Waals surface area contributed by atoms with Crippen LogP contribution in [0, 0.1) is 15.9 Å². The first kappa shape index (κ1) is 17.1. The van der Waals surface area contributed by atoms with Gasteiger partial charge in [-0.3, -0.25) is 14.9 Å². The normalized spacial score (nSPS) is 17.7. The molecule has 1 heterocycles. The first-order chi connectivity index (χ1) is 9.49. The zero-order valence-electron chi connectivity index (χ0n) is 11.1. The van der Waals surface area contributed by atoms with Crippen molar-refractivity contribution in [3.8, 4) is 0 Å². The molecule has 9 heteroatoms. The molecular formula is C12H16ClFN4O3. The maximum Gasteiger partial charge on any atom is 0.295 e. The molecule has 1 aromatic rings. The average molecular weight is 319 g/mol. The van der Waals surface area contributed by atoms with Gasteiger partial charge in [0.15, 0.2) is 0 Å². The molecule has 116 valence electrons. The van der Waals surface area contributed by atoms with E-state index in [-0.39, 0.29) is 29.7 Å². The number of hydrogen-bond donors (Lipinski definition) is 3. The molecule has 0 aromatic heterocycles. The van der Waals surface area contributed by atoms with Crippen LogP contribution in [-0.4, -0.2) is 30.0 Å². The molecule has 1 aliphatic rings. The number of rotatable bonds is 3. The Morgan fingerprint density at radius 1 is 1.52 bits per heavy atom. The number of nitro groups is 1. The van der Waals surface area contributed by atoms with Crippen LogP contribution in [0.15, 0.2) is 12.1 Å². The summed E-state index contributed by atoms with van der Waals surface area (Å²) in [4.78, 5) is 22.0. The van der Waals surface area contributed by atoms with E-state index in [0.717, 1.165) is 25.5 Å². The Morgan fingerprint density at radius 3 is 2.81 bits per heavy atom. The van der Waals surface area contributed by atoms with E-state index in [1.807, 2.05) is 0 Å². The zero-order chi connectivity index (χ0) is 14.7. The maximum atomic E-state index is 13.4. The van der Waals surface area contributed by atoms with E-state index < -0.39 is 22.3 Å². The van der Waals surface area contributed by atoms with Gasteiger partial charge in [-0.25, -0.2) is 4.39 Å². The molecule has 1 atom stereocenters. The predicted molar refractivity (Wildman–Crippen MR) is 78.1 cm³/mol. The van der Waals surface area contributed by atoms with Crippen LogP contribution in [0.1, 0.15) is 23.2 Å². The number of benzene rings is 1. The van der Waals surface area contributed by atoms with Gasteiger partial charge in [0, 0.05) is 12.6 Å². The third-order valence-electron chi connectivity index (χ3n) is 3.20. The molecule has 0 saturated carbocycles. The Kier molecular flexibility index (Phi) is 5.86. The number of carbonyl (C=O) groups is 1. The van der Waals surface area contributed by atoms with Gasteiger partial charge in [0.2, 0.25) is 0 Å². The van der Waals surface area contributed by atoms with Crippen molar-refractivity contribution in [2.24, 2.45) is 0 Å². The molecule has 1 aromatic carbocycles. The summed E-state index contributed by atoms with van der Waals surface area (Å²) in [7, 11) is 0. The first-order valence-corrected chi connectivity index (χ1v) is 6.24. The summed E-state index contributed by atoms with van der Waals surface area (Å²) in [6.45, 7) is 1.50. The standard InChI is InChI=1S/C12H15FN4O3.ClH/c13-7-4-9(11(14)10(5-7)17(19)20)12(18)16-8-2-1-3-15-6-8;/h4-5,8,15H,1-3,6,14H2,(H,16,18);1H/t8-;/m0./s1. The van der Waals surface area contributed by atoms with Gasteiger partial charge in [-0.2, -0.15) is 0 Å². The summed E-state index contributed by atoms with van der Waals surface area (Å²) in [6, 6.07) is 1.53. The van der Waals surface area contributed by atoms with Crippen molar-refractivity contribution in [1.82, 2.24) is 10.6 Å². The molecule has 1 fully saturated rings. The van der Waals surface area contributed by atoms with Gasteiger partial charge in [-0.05, 0) is 25.5 Å². The fraction of sp³-hybridized carbons (Fsp3) is 0.417. The van der Waals surface area contributed by atoms with Gasteiger partial charge in [0.1, 0.15) is 11.5 Å². The minimum atomic E-state index is -0.863. The number of nitrogens with one attached hydrogen (secondary N) is 2. The number of halogens is 2. The molecule has 0 spiro atoms. The van der Waals surface area contributed by atoms with Crippen LogP contribution >= 0.6 is 12.4 Å². The average Bonchev–Trinajstić information content (AvgIpc) is 2.41. The SMILES string of the molecule is Cl.Nc1c(C(=O)N[C@H]2CCCNC2)cc(F)cc1[N+](=O)[O-]. The summed E-state index contributed by atoms with van der Waals surface area (Å²) in [5.41, 5.74) is 4.45. The fourth-order valence-electron chi connectivity index (χ4n) is 2.18. The zero-order valence-corrected chi connectivity index (χ0v) is 11.9. The Hall–Kier alpha value is -1.93. The minimum absolute atomic E-state index is 0. The first-order valence-electron chi connectivity index (χ1n) is 6.24. The Morgan fingerprint density at radius 2 is 2.24 bits per heavy atom. The van der Waals surface area contributed by atoms with Gasteiger partial charge in [-0.15, -0.1) is 12.4 Å². The number of nitrogen functional groups attached to an aromatic ring is 1. The van der Waals surface area contributed by atoms with Crippen molar-refractivity contribution < 1.29 is 14.1 Å². The van der Waals surface area contributed by atoms with Crippen molar-refractivity contribution in [2.45, 2.75) is 18.9 Å². The third kappa shape index (κ3) is 4.02. The molecule has 0 aliphatic carbocycles. The second kappa shape index (κ2) is 7.19. The molecule has 4 N–H and O–H groups in total. The molecule has 0 bridgehead atoms. The number of hydrogen-bond acceptors (Lipinski definition) is 5. The number of carbonyl (C=O) groups excluding carboxylic acids is 1. The van der Waals surface area contributed by atoms with Crippen molar-refractivity contribution in [3.05, 3.63) is 33.6 Å². The minimum Gasteiger partial charge on any atom is -0.393 e. The highest BCUT2D eigenvalue weighted by molar-refractivity contribution is 6.01. The van der Waals surface area contributed by atoms with Crippen LogP contribution in [0.3, 0.4) is 0 Å². The number of anilines is 1. The predicted octanol–water partition coefficient (Wildman–Crippen LogP) is 1.22. The van der Waals surface area contributed by atoms with E-state index in [1.165, 1.54) is 0 Å².